The van der Waals surface area contributed by atoms with Crippen LogP contribution in [-0.4, -0.2) is 65.2 Å². The molecule has 4 N–H and O–H groups in total. The van der Waals surface area contributed by atoms with Crippen LogP contribution in [0.3, 0.4) is 0 Å². The number of rotatable bonds is 3. The quantitative estimate of drug-likeness (QED) is 0.742. The molecule has 0 amide bonds. The first-order valence-electron chi connectivity index (χ1n) is 10.8. The van der Waals surface area contributed by atoms with Crippen LogP contribution in [-0.2, 0) is 0 Å². The van der Waals surface area contributed by atoms with Crippen LogP contribution in [0.15, 0.2) is 52.2 Å². The predicted molar refractivity (Wildman–Crippen MR) is 125 cm³/mol. The smallest absolute Gasteiger partial charge is 0.225 e. The normalized spacial score (nSPS) is 23.6. The number of aromatic nitrogens is 2. The third-order valence-electron chi connectivity index (χ3n) is 6.29. The number of nitrogen functional groups attached to an aromatic ring is 1. The molecular formula is C23H28N8. The fourth-order valence-corrected chi connectivity index (χ4v) is 4.54. The molecule has 2 aromatic rings. The Morgan fingerprint density at radius 2 is 1.84 bits per heavy atom. The summed E-state index contributed by atoms with van der Waals surface area (Å²) < 4.78 is 0. The number of nitrogens with zero attached hydrogens (tertiary/aromatic N) is 6. The molecule has 31 heavy (non-hydrogen) atoms. The van der Waals surface area contributed by atoms with E-state index in [9.17, 15) is 0 Å². The Bertz CT molecular complexity index is 1060. The first kappa shape index (κ1) is 19.7. The third-order valence-corrected chi connectivity index (χ3v) is 6.29. The van der Waals surface area contributed by atoms with Crippen molar-refractivity contribution in [1.82, 2.24) is 15.0 Å². The summed E-state index contributed by atoms with van der Waals surface area (Å²) in [6.45, 7) is 3.86. The summed E-state index contributed by atoms with van der Waals surface area (Å²) in [5.74, 6) is 0.736. The minimum absolute atomic E-state index is 0.0880. The number of hydrogen-bond donors (Lipinski definition) is 2. The minimum Gasteiger partial charge on any atom is -0.399 e. The number of hydrogen-bond acceptors (Lipinski definition) is 8. The summed E-state index contributed by atoms with van der Waals surface area (Å²) in [6.07, 6.45) is 7.84. The zero-order chi connectivity index (χ0) is 21.5. The lowest BCUT2D eigenvalue weighted by atomic mass is 9.94. The van der Waals surface area contributed by atoms with E-state index in [1.807, 2.05) is 48.7 Å². The van der Waals surface area contributed by atoms with Crippen LogP contribution in [0.25, 0.3) is 11.3 Å². The zero-order valence-electron chi connectivity index (χ0n) is 17.9. The number of hydrazone groups is 1. The van der Waals surface area contributed by atoms with Gasteiger partial charge >= 0.3 is 0 Å². The number of piperidine rings is 1. The first-order valence-corrected chi connectivity index (χ1v) is 10.8. The van der Waals surface area contributed by atoms with Crippen molar-refractivity contribution in [2.24, 2.45) is 15.8 Å². The second-order valence-electron chi connectivity index (χ2n) is 8.54. The number of benzene rings is 1. The Kier molecular flexibility index (Phi) is 4.94. The van der Waals surface area contributed by atoms with Crippen molar-refractivity contribution in [3.8, 4) is 11.3 Å². The Morgan fingerprint density at radius 3 is 2.58 bits per heavy atom. The molecule has 0 saturated carbocycles. The van der Waals surface area contributed by atoms with E-state index < -0.39 is 0 Å². The van der Waals surface area contributed by atoms with Crippen LogP contribution < -0.4 is 16.4 Å². The van der Waals surface area contributed by atoms with Crippen LogP contribution >= 0.6 is 0 Å². The predicted octanol–water partition coefficient (Wildman–Crippen LogP) is 2.07. The van der Waals surface area contributed by atoms with Crippen molar-refractivity contribution >= 4 is 23.6 Å². The summed E-state index contributed by atoms with van der Waals surface area (Å²) >= 11 is 0. The Balaban J connectivity index is 1.58. The standard InChI is InChI=1S/C23H28N8/c1-14-22-16(12-27-30(22)2)11-20(28-14)19-13-26-23(31-9-7-18(25)8-10-31)29-21(19)15-3-5-17(24)6-4-15/h3-6,11-14,18,22H,7-10,24-25H2,1-2H3. The molecule has 4 heterocycles. The van der Waals surface area contributed by atoms with Gasteiger partial charge in [-0.2, -0.15) is 5.10 Å². The summed E-state index contributed by atoms with van der Waals surface area (Å²) in [4.78, 5) is 16.9. The van der Waals surface area contributed by atoms with E-state index in [0.717, 1.165) is 65.7 Å². The summed E-state index contributed by atoms with van der Waals surface area (Å²) in [5.41, 5.74) is 17.6. The van der Waals surface area contributed by atoms with E-state index >= 15 is 0 Å². The molecule has 3 aliphatic rings. The van der Waals surface area contributed by atoms with Crippen LogP contribution in [0.5, 0.6) is 0 Å². The molecule has 1 fully saturated rings. The molecule has 8 heteroatoms. The molecule has 1 saturated heterocycles. The minimum atomic E-state index is 0.0880. The van der Waals surface area contributed by atoms with E-state index in [4.69, 9.17) is 26.4 Å². The highest BCUT2D eigenvalue weighted by atomic mass is 15.5. The lowest BCUT2D eigenvalue weighted by Crippen LogP contribution is -2.40. The monoisotopic (exact) mass is 416 g/mol. The van der Waals surface area contributed by atoms with Gasteiger partial charge in [-0.1, -0.05) is 12.1 Å². The fraction of sp³-hybridized carbons (Fsp3) is 0.391. The summed E-state index contributed by atoms with van der Waals surface area (Å²) in [7, 11) is 1.99. The Morgan fingerprint density at radius 1 is 1.10 bits per heavy atom. The summed E-state index contributed by atoms with van der Waals surface area (Å²) in [5, 5.41) is 6.41. The van der Waals surface area contributed by atoms with Crippen molar-refractivity contribution < 1.29 is 0 Å². The van der Waals surface area contributed by atoms with E-state index in [1.54, 1.807) is 0 Å². The van der Waals surface area contributed by atoms with E-state index in [2.05, 4.69) is 23.0 Å². The van der Waals surface area contributed by atoms with Gasteiger partial charge in [0.2, 0.25) is 5.95 Å². The highest BCUT2D eigenvalue weighted by molar-refractivity contribution is 6.15. The van der Waals surface area contributed by atoms with Crippen molar-refractivity contribution in [1.29, 1.82) is 0 Å². The van der Waals surface area contributed by atoms with Crippen molar-refractivity contribution in [3.05, 3.63) is 47.7 Å². The van der Waals surface area contributed by atoms with Gasteiger partial charge < -0.3 is 16.4 Å². The van der Waals surface area contributed by atoms with Gasteiger partial charge in [-0.25, -0.2) is 9.97 Å². The second kappa shape index (κ2) is 7.77. The van der Waals surface area contributed by atoms with E-state index in [1.165, 1.54) is 0 Å². The molecule has 160 valence electrons. The maximum atomic E-state index is 6.08. The molecule has 0 radical (unpaired) electrons. The number of aliphatic imine (C=N–C) groups is 1. The van der Waals surface area contributed by atoms with Gasteiger partial charge in [0.05, 0.1) is 29.7 Å². The van der Waals surface area contributed by atoms with Crippen LogP contribution in [0, 0.1) is 0 Å². The third kappa shape index (κ3) is 3.67. The number of likely N-dealkylation sites (N-methyl/N-ethyl adjacent to an activating group) is 1. The molecule has 1 aromatic carbocycles. The van der Waals surface area contributed by atoms with Crippen molar-refractivity contribution in [2.75, 3.05) is 30.8 Å². The molecule has 0 bridgehead atoms. The molecule has 3 aliphatic heterocycles. The molecule has 5 rings (SSSR count). The molecule has 2 atom stereocenters. The van der Waals surface area contributed by atoms with Gasteiger partial charge in [-0.3, -0.25) is 10.0 Å². The van der Waals surface area contributed by atoms with Gasteiger partial charge in [0.25, 0.3) is 0 Å². The van der Waals surface area contributed by atoms with Gasteiger partial charge in [0.15, 0.2) is 0 Å². The van der Waals surface area contributed by atoms with Gasteiger partial charge in [0, 0.05) is 54.8 Å². The first-order chi connectivity index (χ1) is 15.0. The van der Waals surface area contributed by atoms with Crippen molar-refractivity contribution in [2.45, 2.75) is 37.9 Å². The SMILES string of the molecule is CC1N=C(c2cnc(N3CCC(N)CC3)nc2-c2ccc(N)cc2)C=C2C=NN(C)C21. The van der Waals surface area contributed by atoms with Gasteiger partial charge in [0.1, 0.15) is 0 Å². The van der Waals surface area contributed by atoms with Crippen LogP contribution in [0.2, 0.25) is 0 Å². The highest BCUT2D eigenvalue weighted by Crippen LogP contribution is 2.30. The number of anilines is 2. The fourth-order valence-electron chi connectivity index (χ4n) is 4.54. The van der Waals surface area contributed by atoms with Crippen LogP contribution in [0.1, 0.15) is 25.3 Å². The maximum absolute atomic E-state index is 6.08. The van der Waals surface area contributed by atoms with Gasteiger partial charge in [-0.15, -0.1) is 0 Å². The lowest BCUT2D eigenvalue weighted by Gasteiger charge is -2.31. The van der Waals surface area contributed by atoms with E-state index in [-0.39, 0.29) is 18.1 Å². The lowest BCUT2D eigenvalue weighted by molar-refractivity contribution is 0.280. The Labute approximate surface area is 182 Å². The molecule has 0 spiro atoms. The highest BCUT2D eigenvalue weighted by Gasteiger charge is 2.32. The zero-order valence-corrected chi connectivity index (χ0v) is 17.9. The second-order valence-corrected chi connectivity index (χ2v) is 8.54. The molecule has 8 nitrogen and oxygen atoms in total. The molecular weight excluding hydrogens is 388 g/mol. The van der Waals surface area contributed by atoms with Crippen LogP contribution in [0.4, 0.5) is 11.6 Å². The number of nitrogens with two attached hydrogens (primary N) is 2. The number of allylic oxidation sites excluding steroid dienone is 1. The average Bonchev–Trinajstić information content (AvgIpc) is 3.15. The Hall–Kier alpha value is -3.26. The molecule has 0 aliphatic carbocycles. The largest absolute Gasteiger partial charge is 0.399 e. The molecule has 2 unspecified atom stereocenters. The average molecular weight is 417 g/mol. The van der Waals surface area contributed by atoms with Gasteiger partial charge in [-0.05, 0) is 38.0 Å². The van der Waals surface area contributed by atoms with Crippen molar-refractivity contribution in [3.63, 3.8) is 0 Å². The maximum Gasteiger partial charge on any atom is 0.225 e. The topological polar surface area (TPSA) is 109 Å². The molecule has 1 aromatic heterocycles. The van der Waals surface area contributed by atoms with E-state index in [0.29, 0.717) is 0 Å². The number of dihydropyridines is 1. The summed E-state index contributed by atoms with van der Waals surface area (Å²) in [6, 6.07) is 8.34. The number of fused-ring (bicyclic) bond motifs is 1.